The van der Waals surface area contributed by atoms with Crippen LogP contribution >= 0.6 is 0 Å². The first-order valence-corrected chi connectivity index (χ1v) is 13.9. The van der Waals surface area contributed by atoms with Crippen LogP contribution in [0.3, 0.4) is 0 Å². The molecule has 1 amide bonds. The van der Waals surface area contributed by atoms with Gasteiger partial charge in [-0.3, -0.25) is 13.8 Å². The van der Waals surface area contributed by atoms with E-state index in [1.54, 1.807) is 28.8 Å². The van der Waals surface area contributed by atoms with E-state index in [-0.39, 0.29) is 24.7 Å². The van der Waals surface area contributed by atoms with E-state index in [4.69, 9.17) is 18.9 Å². The summed E-state index contributed by atoms with van der Waals surface area (Å²) in [4.78, 5) is 29.6. The molecule has 1 aromatic heterocycles. The summed E-state index contributed by atoms with van der Waals surface area (Å²) in [5, 5.41) is 1.41. The number of nitrogens with zero attached hydrogens (tertiary/aromatic N) is 3. The first-order chi connectivity index (χ1) is 19.6. The first-order valence-electron chi connectivity index (χ1n) is 13.9. The summed E-state index contributed by atoms with van der Waals surface area (Å²) in [6, 6.07) is 13.1. The molecule has 214 valence electrons. The monoisotopic (exact) mass is 553 g/mol. The van der Waals surface area contributed by atoms with Crippen LogP contribution in [0.2, 0.25) is 0 Å². The molecule has 2 saturated heterocycles. The molecule has 2 fully saturated rings. The third-order valence-electron chi connectivity index (χ3n) is 7.38. The molecule has 10 heteroatoms. The number of hydrogen-bond acceptors (Lipinski definition) is 7. The SMILES string of the molecule is COc1cc(-n2ccc3cc(OCC4CCCO4)ccc3c2=O)ccc1N1CCCN(C(=O)OCCCF)CC1. The lowest BCUT2D eigenvalue weighted by atomic mass is 10.1. The number of benzene rings is 2. The van der Waals surface area contributed by atoms with Gasteiger partial charge in [0.05, 0.1) is 37.9 Å². The van der Waals surface area contributed by atoms with Gasteiger partial charge in [0, 0.05) is 56.9 Å². The number of pyridine rings is 1. The van der Waals surface area contributed by atoms with Crippen molar-refractivity contribution in [1.82, 2.24) is 9.47 Å². The molecule has 3 aromatic rings. The molecular formula is C30H36FN3O6. The summed E-state index contributed by atoms with van der Waals surface area (Å²) in [6.07, 6.45) is 4.52. The number of fused-ring (bicyclic) bond motifs is 1. The minimum absolute atomic E-state index is 0.0871. The number of hydrogen-bond donors (Lipinski definition) is 0. The molecule has 0 spiro atoms. The standard InChI is InChI=1S/C30H36FN3O6/c1-37-28-20-23(6-9-27(28)32-12-4-13-33(16-15-32)30(36)39-18-3-11-31)34-14-10-22-19-24(7-8-26(22)29(34)35)40-21-25-5-2-17-38-25/h6-10,14,19-20,25H,2-5,11-13,15-18,21H2,1H3. The maximum absolute atomic E-state index is 13.4. The second-order valence-corrected chi connectivity index (χ2v) is 10.0. The predicted octanol–water partition coefficient (Wildman–Crippen LogP) is 4.57. The molecule has 1 atom stereocenters. The van der Waals surface area contributed by atoms with Gasteiger partial charge in [-0.1, -0.05) is 0 Å². The second kappa shape index (κ2) is 13.0. The Labute approximate surface area is 233 Å². The third kappa shape index (κ3) is 6.33. The highest BCUT2D eigenvalue weighted by atomic mass is 19.1. The van der Waals surface area contributed by atoms with E-state index in [1.165, 1.54) is 0 Å². The molecule has 0 N–H and O–H groups in total. The van der Waals surface area contributed by atoms with E-state index < -0.39 is 12.8 Å². The maximum atomic E-state index is 13.4. The number of methoxy groups -OCH3 is 1. The Kier molecular flexibility index (Phi) is 9.05. The number of anilines is 1. The average Bonchev–Trinajstić information content (AvgIpc) is 3.38. The van der Waals surface area contributed by atoms with Gasteiger partial charge in [0.2, 0.25) is 0 Å². The van der Waals surface area contributed by atoms with Gasteiger partial charge in [0.1, 0.15) is 18.1 Å². The molecule has 9 nitrogen and oxygen atoms in total. The highest BCUT2D eigenvalue weighted by Crippen LogP contribution is 2.31. The number of rotatable bonds is 9. The Balaban J connectivity index is 1.30. The number of alkyl halides is 1. The Morgan fingerprint density at radius 1 is 1.07 bits per heavy atom. The number of halogens is 1. The lowest BCUT2D eigenvalue weighted by molar-refractivity contribution is 0.0680. The van der Waals surface area contributed by atoms with Crippen molar-refractivity contribution in [3.05, 3.63) is 59.0 Å². The minimum Gasteiger partial charge on any atom is -0.495 e. The molecule has 1 unspecified atom stereocenters. The molecule has 0 radical (unpaired) electrons. The maximum Gasteiger partial charge on any atom is 0.409 e. The fourth-order valence-electron chi connectivity index (χ4n) is 5.21. The fourth-order valence-corrected chi connectivity index (χ4v) is 5.21. The van der Waals surface area contributed by atoms with Gasteiger partial charge in [-0.25, -0.2) is 4.79 Å². The zero-order valence-corrected chi connectivity index (χ0v) is 22.9. The van der Waals surface area contributed by atoms with E-state index in [1.807, 2.05) is 36.4 Å². The minimum atomic E-state index is -0.505. The van der Waals surface area contributed by atoms with Gasteiger partial charge in [-0.2, -0.15) is 0 Å². The zero-order valence-electron chi connectivity index (χ0n) is 22.9. The van der Waals surface area contributed by atoms with E-state index >= 15 is 0 Å². The van der Waals surface area contributed by atoms with Gasteiger partial charge < -0.3 is 28.7 Å². The van der Waals surface area contributed by atoms with Crippen LogP contribution in [0.5, 0.6) is 11.5 Å². The Morgan fingerprint density at radius 3 is 2.77 bits per heavy atom. The molecule has 5 rings (SSSR count). The summed E-state index contributed by atoms with van der Waals surface area (Å²) in [6.45, 7) is 3.26. The summed E-state index contributed by atoms with van der Waals surface area (Å²) < 4.78 is 36.4. The largest absolute Gasteiger partial charge is 0.495 e. The van der Waals surface area contributed by atoms with Gasteiger partial charge >= 0.3 is 6.09 Å². The molecule has 2 aliphatic rings. The molecule has 3 heterocycles. The van der Waals surface area contributed by atoms with Crippen molar-refractivity contribution in [1.29, 1.82) is 0 Å². The smallest absolute Gasteiger partial charge is 0.409 e. The van der Waals surface area contributed by atoms with Crippen molar-refractivity contribution in [3.63, 3.8) is 0 Å². The zero-order chi connectivity index (χ0) is 27.9. The quantitative estimate of drug-likeness (QED) is 0.359. The second-order valence-electron chi connectivity index (χ2n) is 10.0. The van der Waals surface area contributed by atoms with Gasteiger partial charge in [-0.05, 0) is 61.0 Å². The molecular weight excluding hydrogens is 517 g/mol. The van der Waals surface area contributed by atoms with Gasteiger partial charge in [0.15, 0.2) is 0 Å². The number of aromatic nitrogens is 1. The van der Waals surface area contributed by atoms with Crippen LogP contribution in [0.1, 0.15) is 25.7 Å². The van der Waals surface area contributed by atoms with Crippen molar-refractivity contribution in [3.8, 4) is 17.2 Å². The normalized spacial score (nSPS) is 17.6. The summed E-state index contributed by atoms with van der Waals surface area (Å²) in [5.41, 5.74) is 1.45. The first kappa shape index (κ1) is 27.8. The fraction of sp³-hybridized carbons (Fsp3) is 0.467. The summed E-state index contributed by atoms with van der Waals surface area (Å²) in [5.74, 6) is 1.36. The molecule has 2 aliphatic heterocycles. The highest BCUT2D eigenvalue weighted by molar-refractivity contribution is 5.83. The number of carbonyl (C=O) groups excluding carboxylic acids is 1. The molecule has 40 heavy (non-hydrogen) atoms. The summed E-state index contributed by atoms with van der Waals surface area (Å²) >= 11 is 0. The van der Waals surface area contributed by atoms with Crippen molar-refractivity contribution in [2.45, 2.75) is 31.8 Å². The number of carbonyl (C=O) groups is 1. The van der Waals surface area contributed by atoms with E-state index in [2.05, 4.69) is 4.90 Å². The Bertz CT molecular complexity index is 1370. The molecule has 0 saturated carbocycles. The average molecular weight is 554 g/mol. The van der Waals surface area contributed by atoms with E-state index in [0.29, 0.717) is 43.1 Å². The van der Waals surface area contributed by atoms with Crippen molar-refractivity contribution >= 4 is 22.6 Å². The van der Waals surface area contributed by atoms with Crippen LogP contribution in [0.4, 0.5) is 14.9 Å². The lowest BCUT2D eigenvalue weighted by Crippen LogP contribution is -2.35. The highest BCUT2D eigenvalue weighted by Gasteiger charge is 2.22. The van der Waals surface area contributed by atoms with Crippen molar-refractivity contribution in [2.75, 3.05) is 64.7 Å². The summed E-state index contributed by atoms with van der Waals surface area (Å²) in [7, 11) is 1.61. The topological polar surface area (TPSA) is 82.5 Å². The predicted molar refractivity (Wildman–Crippen MR) is 151 cm³/mol. The van der Waals surface area contributed by atoms with Crippen LogP contribution < -0.4 is 19.9 Å². The van der Waals surface area contributed by atoms with Crippen LogP contribution in [-0.2, 0) is 9.47 Å². The molecule has 0 bridgehead atoms. The van der Waals surface area contributed by atoms with E-state index in [9.17, 15) is 14.0 Å². The number of amides is 1. The van der Waals surface area contributed by atoms with Crippen molar-refractivity contribution < 1.29 is 28.1 Å². The number of ether oxygens (including phenoxy) is 4. The molecule has 2 aromatic carbocycles. The molecule has 0 aliphatic carbocycles. The van der Waals surface area contributed by atoms with Crippen LogP contribution in [0, 0.1) is 0 Å². The lowest BCUT2D eigenvalue weighted by Gasteiger charge is -2.25. The third-order valence-corrected chi connectivity index (χ3v) is 7.38. The Hall–Kier alpha value is -3.79. The van der Waals surface area contributed by atoms with Gasteiger partial charge in [-0.15, -0.1) is 0 Å². The van der Waals surface area contributed by atoms with E-state index in [0.717, 1.165) is 49.2 Å². The Morgan fingerprint density at radius 2 is 1.98 bits per heavy atom. The van der Waals surface area contributed by atoms with Crippen LogP contribution in [0.25, 0.3) is 16.5 Å². The van der Waals surface area contributed by atoms with Gasteiger partial charge in [0.25, 0.3) is 5.56 Å². The van der Waals surface area contributed by atoms with Crippen LogP contribution in [-0.4, -0.2) is 81.4 Å². The van der Waals surface area contributed by atoms with Crippen molar-refractivity contribution in [2.24, 2.45) is 0 Å². The van der Waals surface area contributed by atoms with Crippen LogP contribution in [0.15, 0.2) is 53.5 Å².